The van der Waals surface area contributed by atoms with Crippen LogP contribution in [0.1, 0.15) is 43.7 Å². The Morgan fingerprint density at radius 3 is 2.63 bits per heavy atom. The van der Waals surface area contributed by atoms with Gasteiger partial charge in [0.25, 0.3) is 0 Å². The molecule has 0 spiro atoms. The highest BCUT2D eigenvalue weighted by Crippen LogP contribution is 2.51. The van der Waals surface area contributed by atoms with Gasteiger partial charge in [0.2, 0.25) is 0 Å². The molecular formula is C26H24BrNO2. The molecule has 152 valence electrons. The van der Waals surface area contributed by atoms with Crippen LogP contribution in [0.15, 0.2) is 70.3 Å². The van der Waals surface area contributed by atoms with Crippen LogP contribution in [0.3, 0.4) is 0 Å². The zero-order chi connectivity index (χ0) is 21.0. The molecule has 1 unspecified atom stereocenters. The fraction of sp³-hybridized carbons (Fsp3) is 0.269. The van der Waals surface area contributed by atoms with E-state index in [9.17, 15) is 4.79 Å². The van der Waals surface area contributed by atoms with E-state index in [1.54, 1.807) is 7.11 Å². The first-order valence-corrected chi connectivity index (χ1v) is 11.1. The maximum Gasteiger partial charge on any atom is 0.162 e. The molecule has 0 saturated heterocycles. The first kappa shape index (κ1) is 19.4. The van der Waals surface area contributed by atoms with Crippen LogP contribution in [0.25, 0.3) is 10.8 Å². The monoisotopic (exact) mass is 461 g/mol. The molecule has 3 aromatic rings. The van der Waals surface area contributed by atoms with Gasteiger partial charge in [-0.3, -0.25) is 4.79 Å². The van der Waals surface area contributed by atoms with Crippen molar-refractivity contribution in [3.8, 4) is 5.75 Å². The zero-order valence-electron chi connectivity index (χ0n) is 17.4. The summed E-state index contributed by atoms with van der Waals surface area (Å²) in [5, 5.41) is 6.00. The van der Waals surface area contributed by atoms with Gasteiger partial charge in [-0.25, -0.2) is 0 Å². The minimum atomic E-state index is -0.104. The number of carbonyl (C=O) groups is 1. The van der Waals surface area contributed by atoms with Gasteiger partial charge in [-0.2, -0.15) is 0 Å². The first-order chi connectivity index (χ1) is 14.4. The van der Waals surface area contributed by atoms with Crippen molar-refractivity contribution in [2.24, 2.45) is 5.41 Å². The molecule has 1 aliphatic carbocycles. The molecular weight excluding hydrogens is 438 g/mol. The van der Waals surface area contributed by atoms with Crippen molar-refractivity contribution in [1.29, 1.82) is 0 Å². The molecule has 4 heteroatoms. The molecule has 30 heavy (non-hydrogen) atoms. The minimum Gasteiger partial charge on any atom is -0.496 e. The van der Waals surface area contributed by atoms with Crippen molar-refractivity contribution in [2.75, 3.05) is 12.4 Å². The Morgan fingerprint density at radius 1 is 1.07 bits per heavy atom. The number of allylic oxidation sites excluding steroid dienone is 2. The average Bonchev–Trinajstić information content (AvgIpc) is 2.71. The van der Waals surface area contributed by atoms with Gasteiger partial charge in [0, 0.05) is 29.3 Å². The molecule has 3 nitrogen and oxygen atoms in total. The number of halogens is 1. The van der Waals surface area contributed by atoms with Crippen LogP contribution in [0.4, 0.5) is 5.69 Å². The van der Waals surface area contributed by atoms with Crippen LogP contribution >= 0.6 is 15.9 Å². The Bertz CT molecular complexity index is 1220. The zero-order valence-corrected chi connectivity index (χ0v) is 19.0. The van der Waals surface area contributed by atoms with Crippen LogP contribution in [0.2, 0.25) is 0 Å². The van der Waals surface area contributed by atoms with Crippen LogP contribution < -0.4 is 10.1 Å². The molecule has 0 amide bonds. The smallest absolute Gasteiger partial charge is 0.162 e. The van der Waals surface area contributed by atoms with Crippen molar-refractivity contribution in [1.82, 2.24) is 0 Å². The topological polar surface area (TPSA) is 38.3 Å². The Morgan fingerprint density at radius 2 is 1.87 bits per heavy atom. The highest BCUT2D eigenvalue weighted by Gasteiger charge is 2.41. The number of fused-ring (bicyclic) bond motifs is 3. The summed E-state index contributed by atoms with van der Waals surface area (Å²) in [6, 6.07) is 18.9. The average molecular weight is 462 g/mol. The number of benzene rings is 3. The van der Waals surface area contributed by atoms with Gasteiger partial charge in [-0.15, -0.1) is 0 Å². The quantitative estimate of drug-likeness (QED) is 0.455. The minimum absolute atomic E-state index is 0.0394. The lowest BCUT2D eigenvalue weighted by Gasteiger charge is -2.40. The lowest BCUT2D eigenvalue weighted by Crippen LogP contribution is -2.33. The molecule has 1 aliphatic heterocycles. The van der Waals surface area contributed by atoms with Crippen LogP contribution in [0.5, 0.6) is 5.75 Å². The van der Waals surface area contributed by atoms with Crippen molar-refractivity contribution in [3.63, 3.8) is 0 Å². The van der Waals surface area contributed by atoms with E-state index in [0.29, 0.717) is 6.42 Å². The molecule has 2 aliphatic rings. The van der Waals surface area contributed by atoms with Gasteiger partial charge < -0.3 is 10.1 Å². The first-order valence-electron chi connectivity index (χ1n) is 10.3. The van der Waals surface area contributed by atoms with E-state index in [0.717, 1.165) is 39.2 Å². The number of methoxy groups -OCH3 is 1. The van der Waals surface area contributed by atoms with Gasteiger partial charge in [0.15, 0.2) is 5.78 Å². The number of anilines is 1. The second kappa shape index (κ2) is 6.98. The number of carbonyl (C=O) groups excluding carboxylic acids is 1. The van der Waals surface area contributed by atoms with Gasteiger partial charge >= 0.3 is 0 Å². The summed E-state index contributed by atoms with van der Waals surface area (Å²) in [7, 11) is 1.67. The third kappa shape index (κ3) is 3.05. The van der Waals surface area contributed by atoms with E-state index >= 15 is 0 Å². The summed E-state index contributed by atoms with van der Waals surface area (Å²) in [5.41, 5.74) is 5.31. The number of ether oxygens (including phenoxy) is 1. The Labute approximate surface area is 185 Å². The second-order valence-corrected chi connectivity index (χ2v) is 9.89. The fourth-order valence-corrected chi connectivity index (χ4v) is 5.56. The molecule has 5 rings (SSSR count). The lowest BCUT2D eigenvalue weighted by molar-refractivity contribution is -0.118. The van der Waals surface area contributed by atoms with E-state index in [2.05, 4.69) is 83.6 Å². The molecule has 1 atom stereocenters. The summed E-state index contributed by atoms with van der Waals surface area (Å²) in [5.74, 6) is 0.925. The van der Waals surface area contributed by atoms with Gasteiger partial charge in [-0.05, 0) is 67.9 Å². The number of hydrogen-bond acceptors (Lipinski definition) is 3. The molecule has 0 fully saturated rings. The van der Waals surface area contributed by atoms with E-state index in [4.69, 9.17) is 4.74 Å². The Hall–Kier alpha value is -2.59. The molecule has 0 aromatic heterocycles. The second-order valence-electron chi connectivity index (χ2n) is 9.03. The normalized spacial score (nSPS) is 19.9. The molecule has 3 aromatic carbocycles. The van der Waals surface area contributed by atoms with Crippen LogP contribution in [0, 0.1) is 5.41 Å². The third-order valence-electron chi connectivity index (χ3n) is 6.26. The maximum absolute atomic E-state index is 13.4. The summed E-state index contributed by atoms with van der Waals surface area (Å²) < 4.78 is 6.34. The van der Waals surface area contributed by atoms with E-state index in [-0.39, 0.29) is 17.1 Å². The number of Topliss-reactive ketones (excluding diaryl/α,β-unsaturated/α-hetero) is 1. The number of nitrogens with one attached hydrogen (secondary N) is 1. The fourth-order valence-electron chi connectivity index (χ4n) is 5.00. The van der Waals surface area contributed by atoms with Crippen molar-refractivity contribution in [2.45, 2.75) is 32.6 Å². The Balaban J connectivity index is 1.80. The van der Waals surface area contributed by atoms with Gasteiger partial charge in [0.05, 0.1) is 11.6 Å². The highest BCUT2D eigenvalue weighted by atomic mass is 79.9. The largest absolute Gasteiger partial charge is 0.496 e. The van der Waals surface area contributed by atoms with Crippen LogP contribution in [-0.2, 0) is 4.79 Å². The van der Waals surface area contributed by atoms with Gasteiger partial charge in [0.1, 0.15) is 5.75 Å². The summed E-state index contributed by atoms with van der Waals surface area (Å²) >= 11 is 3.64. The Kier molecular flexibility index (Phi) is 4.51. The van der Waals surface area contributed by atoms with Crippen LogP contribution in [-0.4, -0.2) is 12.9 Å². The predicted molar refractivity (Wildman–Crippen MR) is 125 cm³/mol. The molecule has 0 saturated carbocycles. The summed E-state index contributed by atoms with van der Waals surface area (Å²) in [6.07, 6.45) is 1.44. The standard InChI is InChI=1S/C26H24BrNO2/c1-26(2)13-20-25(21(29)14-26)23(16-9-11-22(30-3)18(27)12-16)24-17-7-5-4-6-15(17)8-10-19(24)28-20/h4-12,23,28H,13-14H2,1-3H3. The maximum atomic E-state index is 13.4. The predicted octanol–water partition coefficient (Wildman–Crippen LogP) is 6.81. The third-order valence-corrected chi connectivity index (χ3v) is 6.88. The molecule has 0 bridgehead atoms. The van der Waals surface area contributed by atoms with Crippen molar-refractivity contribution in [3.05, 3.63) is 81.5 Å². The number of hydrogen-bond donors (Lipinski definition) is 1. The number of ketones is 1. The van der Waals surface area contributed by atoms with E-state index < -0.39 is 0 Å². The van der Waals surface area contributed by atoms with Crippen molar-refractivity contribution < 1.29 is 9.53 Å². The van der Waals surface area contributed by atoms with E-state index in [1.165, 1.54) is 16.3 Å². The van der Waals surface area contributed by atoms with Crippen molar-refractivity contribution >= 4 is 38.2 Å². The summed E-state index contributed by atoms with van der Waals surface area (Å²) in [6.45, 7) is 4.34. The molecule has 0 radical (unpaired) electrons. The van der Waals surface area contributed by atoms with Gasteiger partial charge in [-0.1, -0.05) is 50.2 Å². The SMILES string of the molecule is COc1ccc(C2C3=C(CC(C)(C)CC3=O)Nc3ccc4ccccc4c32)cc1Br. The highest BCUT2D eigenvalue weighted by molar-refractivity contribution is 9.10. The molecule has 1 N–H and O–H groups in total. The summed E-state index contributed by atoms with van der Waals surface area (Å²) in [4.78, 5) is 13.4. The number of rotatable bonds is 2. The lowest BCUT2D eigenvalue weighted by atomic mass is 9.68. The van der Waals surface area contributed by atoms with E-state index in [1.807, 2.05) is 6.07 Å². The molecule has 1 heterocycles.